The minimum Gasteiger partial charge on any atom is -0.352 e. The third-order valence-electron chi connectivity index (χ3n) is 13.1. The van der Waals surface area contributed by atoms with E-state index in [1.807, 2.05) is 40.6 Å². The highest BCUT2D eigenvalue weighted by molar-refractivity contribution is 6.40. The Morgan fingerprint density at radius 2 is 1.68 bits per heavy atom. The standard InChI is InChI=1S/C42H49Cl2N9O3/c1-51-34-14-19-52(20-17-42-15-12-25(22-42)13-16-42)24-33(34)47-39(51)41(56)49-31-8-3-6-28(38(31)44)27-5-2-7-30(37(27)43)48-40(55)32-21-35-29(9-4-18-53(35)50-32)45-23-26-10-11-36(54)46-26/h2-3,5-8,21,25-26,29,45H,4,9-20,22-24H2,1H3,(H,46,54)(H,48,55)(H,49,56)/t25?,26-,29?,42?/m0/s1. The molecule has 9 rings (SSSR count). The largest absolute Gasteiger partial charge is 0.352 e. The van der Waals surface area contributed by atoms with E-state index in [9.17, 15) is 14.4 Å². The quantitative estimate of drug-likeness (QED) is 0.127. The summed E-state index contributed by atoms with van der Waals surface area (Å²) in [7, 11) is 1.91. The van der Waals surface area contributed by atoms with Crippen molar-refractivity contribution in [2.45, 2.75) is 95.8 Å². The Morgan fingerprint density at radius 3 is 2.36 bits per heavy atom. The Hall–Kier alpha value is -4.23. The van der Waals surface area contributed by atoms with E-state index in [2.05, 4.69) is 31.3 Å². The van der Waals surface area contributed by atoms with Crippen molar-refractivity contribution >= 4 is 52.3 Å². The van der Waals surface area contributed by atoms with Gasteiger partial charge in [0.15, 0.2) is 11.5 Å². The lowest BCUT2D eigenvalue weighted by Crippen LogP contribution is -2.38. The number of halogens is 2. The summed E-state index contributed by atoms with van der Waals surface area (Å²) >= 11 is 14.0. The maximum Gasteiger partial charge on any atom is 0.291 e. The molecule has 5 heterocycles. The number of carbonyl (C=O) groups is 3. The summed E-state index contributed by atoms with van der Waals surface area (Å²) < 4.78 is 3.81. The Bertz CT molecular complexity index is 2190. The van der Waals surface area contributed by atoms with Crippen LogP contribution in [0.1, 0.15) is 108 Å². The van der Waals surface area contributed by atoms with Crippen molar-refractivity contribution < 1.29 is 14.4 Å². The fraction of sp³-hybridized carbons (Fsp3) is 0.500. The third-order valence-corrected chi connectivity index (χ3v) is 13.9. The first-order valence-corrected chi connectivity index (χ1v) is 21.0. The van der Waals surface area contributed by atoms with Gasteiger partial charge in [-0.15, -0.1) is 0 Å². The van der Waals surface area contributed by atoms with Gasteiger partial charge in [0.25, 0.3) is 11.8 Å². The van der Waals surface area contributed by atoms with Crippen LogP contribution in [0.25, 0.3) is 11.1 Å². The van der Waals surface area contributed by atoms with E-state index in [1.54, 1.807) is 18.2 Å². The lowest BCUT2D eigenvalue weighted by molar-refractivity contribution is -0.119. The van der Waals surface area contributed by atoms with Gasteiger partial charge >= 0.3 is 0 Å². The molecule has 3 aliphatic heterocycles. The number of nitrogens with zero attached hydrogens (tertiary/aromatic N) is 5. The first kappa shape index (κ1) is 37.4. The Morgan fingerprint density at radius 1 is 0.946 bits per heavy atom. The molecule has 2 saturated carbocycles. The van der Waals surface area contributed by atoms with Gasteiger partial charge in [0.05, 0.1) is 32.8 Å². The zero-order valence-electron chi connectivity index (χ0n) is 31.8. The van der Waals surface area contributed by atoms with Crippen LogP contribution < -0.4 is 21.3 Å². The summed E-state index contributed by atoms with van der Waals surface area (Å²) in [6.07, 6.45) is 12.4. The monoisotopic (exact) mass is 797 g/mol. The molecule has 2 atom stereocenters. The summed E-state index contributed by atoms with van der Waals surface area (Å²) in [5.41, 5.74) is 5.97. The number of imidazole rings is 1. The molecule has 2 aromatic heterocycles. The van der Waals surface area contributed by atoms with Crippen LogP contribution in [0.15, 0.2) is 42.5 Å². The van der Waals surface area contributed by atoms with Crippen LogP contribution in [-0.4, -0.2) is 67.6 Å². The molecule has 1 saturated heterocycles. The molecule has 3 fully saturated rings. The normalized spacial score (nSPS) is 24.2. The van der Waals surface area contributed by atoms with Crippen LogP contribution in [0.5, 0.6) is 0 Å². The predicted octanol–water partition coefficient (Wildman–Crippen LogP) is 7.13. The topological polar surface area (TPSA) is 138 Å². The highest BCUT2D eigenvalue weighted by atomic mass is 35.5. The number of rotatable bonds is 11. The number of aromatic nitrogens is 4. The van der Waals surface area contributed by atoms with Crippen LogP contribution in [0, 0.1) is 11.3 Å². The molecule has 0 spiro atoms. The second kappa shape index (κ2) is 15.3. The van der Waals surface area contributed by atoms with E-state index < -0.39 is 0 Å². The van der Waals surface area contributed by atoms with Crippen LogP contribution in [-0.2, 0) is 31.4 Å². The molecule has 3 amide bonds. The summed E-state index contributed by atoms with van der Waals surface area (Å²) in [5, 5.41) is 17.8. The van der Waals surface area contributed by atoms with E-state index in [4.69, 9.17) is 28.2 Å². The second-order valence-corrected chi connectivity index (χ2v) is 17.4. The lowest BCUT2D eigenvalue weighted by Gasteiger charge is -2.32. The van der Waals surface area contributed by atoms with E-state index in [1.165, 1.54) is 38.5 Å². The number of nitrogens with one attached hydrogen (secondary N) is 4. The van der Waals surface area contributed by atoms with Crippen molar-refractivity contribution in [1.82, 2.24) is 34.9 Å². The van der Waals surface area contributed by atoms with Crippen molar-refractivity contribution in [2.24, 2.45) is 18.4 Å². The second-order valence-electron chi connectivity index (χ2n) is 16.6. The molecular weight excluding hydrogens is 749 g/mol. The van der Waals surface area contributed by atoms with Crippen molar-refractivity contribution in [1.29, 1.82) is 0 Å². The summed E-state index contributed by atoms with van der Waals surface area (Å²) in [6.45, 7) is 4.23. The van der Waals surface area contributed by atoms with Crippen LogP contribution in [0.2, 0.25) is 10.0 Å². The molecule has 1 unspecified atom stereocenters. The number of amides is 3. The number of benzene rings is 2. The minimum atomic E-state index is -0.374. The van der Waals surface area contributed by atoms with Gasteiger partial charge in [-0.3, -0.25) is 24.0 Å². The average Bonchev–Trinajstić information content (AvgIpc) is 4.05. The molecular formula is C42H49Cl2N9O3. The van der Waals surface area contributed by atoms with Crippen molar-refractivity contribution in [3.8, 4) is 11.1 Å². The van der Waals surface area contributed by atoms with Gasteiger partial charge in [-0.05, 0) is 93.9 Å². The highest BCUT2D eigenvalue weighted by Crippen LogP contribution is 2.56. The minimum absolute atomic E-state index is 0.0381. The van der Waals surface area contributed by atoms with Crippen LogP contribution in [0.4, 0.5) is 11.4 Å². The molecule has 4 aromatic rings. The number of anilines is 2. The number of fused-ring (bicyclic) bond motifs is 4. The molecule has 294 valence electrons. The first-order valence-electron chi connectivity index (χ1n) is 20.2. The Labute approximate surface area is 337 Å². The number of carbonyl (C=O) groups excluding carboxylic acids is 3. The van der Waals surface area contributed by atoms with Crippen LogP contribution >= 0.6 is 23.2 Å². The highest BCUT2D eigenvalue weighted by Gasteiger charge is 2.44. The molecule has 0 radical (unpaired) electrons. The Kier molecular flexibility index (Phi) is 10.2. The van der Waals surface area contributed by atoms with Crippen LogP contribution in [0.3, 0.4) is 0 Å². The van der Waals surface area contributed by atoms with Gasteiger partial charge in [0, 0.05) is 75.0 Å². The number of hydrogen-bond donors (Lipinski definition) is 4. The summed E-state index contributed by atoms with van der Waals surface area (Å²) in [5.74, 6) is 0.711. The van der Waals surface area contributed by atoms with Crippen molar-refractivity contribution in [3.63, 3.8) is 0 Å². The SMILES string of the molecule is Cn1c(C(=O)Nc2cccc(-c3cccc(NC(=O)c4cc5n(n4)CCCC5NC[C@@H]4CCC(=O)N4)c3Cl)c2Cl)nc2c1CCN(CCC13CCC(CC1)C3)C2. The fourth-order valence-corrected chi connectivity index (χ4v) is 10.5. The van der Waals surface area contributed by atoms with Gasteiger partial charge in [-0.25, -0.2) is 4.98 Å². The van der Waals surface area contributed by atoms with E-state index >= 15 is 0 Å². The van der Waals surface area contributed by atoms with Gasteiger partial charge in [-0.1, -0.05) is 47.5 Å². The van der Waals surface area contributed by atoms with E-state index in [0.29, 0.717) is 62.4 Å². The zero-order valence-corrected chi connectivity index (χ0v) is 33.3. The molecule has 2 bridgehead atoms. The molecule has 2 aliphatic carbocycles. The molecule has 2 aromatic carbocycles. The van der Waals surface area contributed by atoms with E-state index in [0.717, 1.165) is 74.9 Å². The maximum atomic E-state index is 13.7. The first-order chi connectivity index (χ1) is 27.1. The molecule has 14 heteroatoms. The van der Waals surface area contributed by atoms with Crippen molar-refractivity contribution in [3.05, 3.63) is 81.1 Å². The predicted molar refractivity (Wildman–Crippen MR) is 217 cm³/mol. The average molecular weight is 799 g/mol. The van der Waals surface area contributed by atoms with E-state index in [-0.39, 0.29) is 29.8 Å². The summed E-state index contributed by atoms with van der Waals surface area (Å²) in [6, 6.07) is 12.8. The molecule has 5 aliphatic rings. The molecule has 4 N–H and O–H groups in total. The van der Waals surface area contributed by atoms with Gasteiger partial charge in [0.1, 0.15) is 0 Å². The number of hydrogen-bond acceptors (Lipinski definition) is 7. The lowest BCUT2D eigenvalue weighted by atomic mass is 9.81. The number of aryl methyl sites for hydroxylation is 1. The third kappa shape index (κ3) is 7.25. The maximum absolute atomic E-state index is 13.7. The summed E-state index contributed by atoms with van der Waals surface area (Å²) in [4.78, 5) is 46.3. The van der Waals surface area contributed by atoms with Gasteiger partial charge in [-0.2, -0.15) is 5.10 Å². The zero-order chi connectivity index (χ0) is 38.6. The van der Waals surface area contributed by atoms with Gasteiger partial charge in [0.2, 0.25) is 5.91 Å². The van der Waals surface area contributed by atoms with Crippen molar-refractivity contribution in [2.75, 3.05) is 30.3 Å². The Balaban J connectivity index is 0.862. The smallest absolute Gasteiger partial charge is 0.291 e. The molecule has 12 nitrogen and oxygen atoms in total. The van der Waals surface area contributed by atoms with Gasteiger partial charge < -0.3 is 25.8 Å². The fourth-order valence-electron chi connectivity index (χ4n) is 9.99. The molecule has 56 heavy (non-hydrogen) atoms.